The summed E-state index contributed by atoms with van der Waals surface area (Å²) in [5.41, 5.74) is 1.04. The number of nitrogens with one attached hydrogen (secondary N) is 1. The number of aromatic amines is 1. The number of piperidine rings is 1. The Balaban J connectivity index is 1.28. The van der Waals surface area contributed by atoms with Gasteiger partial charge in [-0.25, -0.2) is 0 Å². The highest BCUT2D eigenvalue weighted by Crippen LogP contribution is 2.32. The van der Waals surface area contributed by atoms with E-state index in [-0.39, 0.29) is 23.2 Å². The van der Waals surface area contributed by atoms with Gasteiger partial charge in [-0.3, -0.25) is 14.4 Å². The fraction of sp³-hybridized carbons (Fsp3) is 0.292. The molecule has 0 spiro atoms. The van der Waals surface area contributed by atoms with E-state index >= 15 is 0 Å². The molecule has 0 bridgehead atoms. The van der Waals surface area contributed by atoms with E-state index in [1.54, 1.807) is 35.2 Å². The highest BCUT2D eigenvalue weighted by atomic mass is 16.6. The number of Topliss-reactive ketones (excluding diaryl/α,β-unsaturated/α-hetero) is 1. The molecule has 31 heavy (non-hydrogen) atoms. The number of aromatic nitrogens is 1. The Bertz CT molecular complexity index is 1220. The molecule has 0 atom stereocenters. The average Bonchev–Trinajstić information content (AvgIpc) is 2.82. The van der Waals surface area contributed by atoms with E-state index in [4.69, 9.17) is 9.47 Å². The number of hydrogen-bond donors (Lipinski definition) is 1. The topological polar surface area (TPSA) is 88.7 Å². The summed E-state index contributed by atoms with van der Waals surface area (Å²) in [7, 11) is 0. The Labute approximate surface area is 178 Å². The van der Waals surface area contributed by atoms with Crippen molar-refractivity contribution in [1.29, 1.82) is 0 Å². The lowest BCUT2D eigenvalue weighted by molar-refractivity contribution is 0.0649. The molecule has 0 unspecified atom stereocenters. The molecule has 1 saturated heterocycles. The molecule has 1 N–H and O–H groups in total. The number of amides is 1. The van der Waals surface area contributed by atoms with Gasteiger partial charge in [0.05, 0.1) is 0 Å². The maximum absolute atomic E-state index is 13.0. The Morgan fingerprint density at radius 2 is 1.68 bits per heavy atom. The minimum atomic E-state index is -0.391. The minimum absolute atomic E-state index is 0.0487. The number of rotatable bonds is 3. The van der Waals surface area contributed by atoms with Gasteiger partial charge in [-0.05, 0) is 48.6 Å². The van der Waals surface area contributed by atoms with Crippen LogP contribution in [0.3, 0.4) is 0 Å². The maximum atomic E-state index is 13.0. The third kappa shape index (κ3) is 3.67. The Morgan fingerprint density at radius 1 is 0.935 bits per heavy atom. The molecule has 158 valence electrons. The summed E-state index contributed by atoms with van der Waals surface area (Å²) < 4.78 is 11.1. The van der Waals surface area contributed by atoms with E-state index in [0.717, 1.165) is 5.39 Å². The number of carbonyl (C=O) groups excluding carboxylic acids is 2. The number of fused-ring (bicyclic) bond motifs is 2. The Morgan fingerprint density at radius 3 is 2.48 bits per heavy atom. The molecule has 0 radical (unpaired) electrons. The standard InChI is InChI=1S/C24H22N2O5/c27-22(17-5-6-20-21(14-17)31-12-11-30-20)15-7-9-26(10-8-15)24(29)18-13-16-3-1-2-4-19(16)25-23(18)28/h1-6,13-15H,7-12H2,(H,25,28). The molecular weight excluding hydrogens is 396 g/mol. The van der Waals surface area contributed by atoms with Gasteiger partial charge in [-0.2, -0.15) is 0 Å². The lowest BCUT2D eigenvalue weighted by Crippen LogP contribution is -2.42. The number of hydrogen-bond acceptors (Lipinski definition) is 5. The molecule has 1 fully saturated rings. The van der Waals surface area contributed by atoms with Gasteiger partial charge in [-0.15, -0.1) is 0 Å². The lowest BCUT2D eigenvalue weighted by atomic mass is 9.88. The van der Waals surface area contributed by atoms with Gasteiger partial charge in [0.2, 0.25) is 0 Å². The molecule has 5 rings (SSSR count). The first-order chi connectivity index (χ1) is 15.1. The van der Waals surface area contributed by atoms with E-state index in [1.165, 1.54) is 0 Å². The molecule has 0 aliphatic carbocycles. The zero-order chi connectivity index (χ0) is 21.4. The summed E-state index contributed by atoms with van der Waals surface area (Å²) in [5, 5.41) is 0.814. The normalized spacial score (nSPS) is 16.3. The Hall–Kier alpha value is -3.61. The predicted molar refractivity (Wildman–Crippen MR) is 115 cm³/mol. The van der Waals surface area contributed by atoms with Crippen molar-refractivity contribution in [3.8, 4) is 11.5 Å². The number of para-hydroxylation sites is 1. The molecular formula is C24H22N2O5. The van der Waals surface area contributed by atoms with Crippen LogP contribution in [-0.2, 0) is 0 Å². The van der Waals surface area contributed by atoms with Crippen LogP contribution in [0.2, 0.25) is 0 Å². The molecule has 3 heterocycles. The smallest absolute Gasteiger partial charge is 0.261 e. The summed E-state index contributed by atoms with van der Waals surface area (Å²) in [6.07, 6.45) is 1.12. The van der Waals surface area contributed by atoms with Crippen LogP contribution in [0.15, 0.2) is 53.3 Å². The van der Waals surface area contributed by atoms with Crippen molar-refractivity contribution in [2.45, 2.75) is 12.8 Å². The zero-order valence-corrected chi connectivity index (χ0v) is 16.9. The van der Waals surface area contributed by atoms with Crippen molar-refractivity contribution in [2.24, 2.45) is 5.92 Å². The van der Waals surface area contributed by atoms with Crippen LogP contribution >= 0.6 is 0 Å². The first-order valence-electron chi connectivity index (χ1n) is 10.5. The summed E-state index contributed by atoms with van der Waals surface area (Å²) >= 11 is 0. The molecule has 2 aliphatic heterocycles. The van der Waals surface area contributed by atoms with Gasteiger partial charge >= 0.3 is 0 Å². The summed E-state index contributed by atoms with van der Waals surface area (Å²) in [6.45, 7) is 1.85. The fourth-order valence-electron chi connectivity index (χ4n) is 4.25. The third-order valence-corrected chi connectivity index (χ3v) is 5.96. The monoisotopic (exact) mass is 418 g/mol. The van der Waals surface area contributed by atoms with Gasteiger partial charge in [0.1, 0.15) is 18.8 Å². The van der Waals surface area contributed by atoms with Crippen LogP contribution in [-0.4, -0.2) is 47.9 Å². The van der Waals surface area contributed by atoms with Crippen LogP contribution in [0, 0.1) is 5.92 Å². The molecule has 0 saturated carbocycles. The van der Waals surface area contributed by atoms with Crippen LogP contribution in [0.4, 0.5) is 0 Å². The number of carbonyl (C=O) groups is 2. The van der Waals surface area contributed by atoms with Crippen molar-refractivity contribution in [2.75, 3.05) is 26.3 Å². The molecule has 7 nitrogen and oxygen atoms in total. The maximum Gasteiger partial charge on any atom is 0.261 e. The number of pyridine rings is 1. The van der Waals surface area contributed by atoms with Crippen molar-refractivity contribution in [1.82, 2.24) is 9.88 Å². The molecule has 2 aromatic carbocycles. The number of benzene rings is 2. The van der Waals surface area contributed by atoms with Gasteiger partial charge in [0, 0.05) is 30.1 Å². The third-order valence-electron chi connectivity index (χ3n) is 5.96. The summed E-state index contributed by atoms with van der Waals surface area (Å²) in [6, 6.07) is 14.3. The minimum Gasteiger partial charge on any atom is -0.486 e. The van der Waals surface area contributed by atoms with E-state index in [1.807, 2.05) is 18.2 Å². The summed E-state index contributed by atoms with van der Waals surface area (Å²) in [5.74, 6) is 0.843. The van der Waals surface area contributed by atoms with Crippen LogP contribution in [0.5, 0.6) is 11.5 Å². The number of ketones is 1. The average molecular weight is 418 g/mol. The lowest BCUT2D eigenvalue weighted by Gasteiger charge is -2.31. The zero-order valence-electron chi connectivity index (χ0n) is 16.9. The van der Waals surface area contributed by atoms with Crippen LogP contribution in [0.1, 0.15) is 33.6 Å². The van der Waals surface area contributed by atoms with Crippen LogP contribution in [0.25, 0.3) is 10.9 Å². The highest BCUT2D eigenvalue weighted by molar-refractivity contribution is 5.99. The first kappa shape index (κ1) is 19.4. The Kier molecular flexibility index (Phi) is 4.94. The number of nitrogens with zero attached hydrogens (tertiary/aromatic N) is 1. The fourth-order valence-corrected chi connectivity index (χ4v) is 4.25. The number of H-pyrrole nitrogens is 1. The van der Waals surface area contributed by atoms with E-state index < -0.39 is 5.56 Å². The van der Waals surface area contributed by atoms with Crippen molar-refractivity contribution >= 4 is 22.6 Å². The first-order valence-corrected chi connectivity index (χ1v) is 10.5. The number of ether oxygens (including phenoxy) is 2. The van der Waals surface area contributed by atoms with Gasteiger partial charge in [0.25, 0.3) is 11.5 Å². The molecule has 2 aliphatic rings. The summed E-state index contributed by atoms with van der Waals surface area (Å²) in [4.78, 5) is 42.8. The van der Waals surface area contributed by atoms with E-state index in [0.29, 0.717) is 61.7 Å². The molecule has 7 heteroatoms. The van der Waals surface area contributed by atoms with Gasteiger partial charge < -0.3 is 19.4 Å². The second kappa shape index (κ2) is 7.91. The van der Waals surface area contributed by atoms with Crippen LogP contribution < -0.4 is 15.0 Å². The number of likely N-dealkylation sites (tertiary alicyclic amines) is 1. The second-order valence-corrected chi connectivity index (χ2v) is 7.89. The predicted octanol–water partition coefficient (Wildman–Crippen LogP) is 3.03. The molecule has 3 aromatic rings. The van der Waals surface area contributed by atoms with E-state index in [2.05, 4.69) is 4.98 Å². The largest absolute Gasteiger partial charge is 0.486 e. The highest BCUT2D eigenvalue weighted by Gasteiger charge is 2.30. The quantitative estimate of drug-likeness (QED) is 0.661. The van der Waals surface area contributed by atoms with Gasteiger partial charge in [0.15, 0.2) is 17.3 Å². The van der Waals surface area contributed by atoms with Crippen molar-refractivity contribution in [3.63, 3.8) is 0 Å². The van der Waals surface area contributed by atoms with E-state index in [9.17, 15) is 14.4 Å². The second-order valence-electron chi connectivity index (χ2n) is 7.89. The molecule has 1 aromatic heterocycles. The van der Waals surface area contributed by atoms with Gasteiger partial charge in [-0.1, -0.05) is 18.2 Å². The van der Waals surface area contributed by atoms with Crippen molar-refractivity contribution < 1.29 is 19.1 Å². The van der Waals surface area contributed by atoms with Crippen molar-refractivity contribution in [3.05, 3.63) is 70.0 Å². The molecule has 1 amide bonds. The SMILES string of the molecule is O=C(c1ccc2c(c1)OCCO2)C1CCN(C(=O)c2cc3ccccc3[nH]c2=O)CC1.